The van der Waals surface area contributed by atoms with Crippen LogP contribution in [-0.4, -0.2) is 53.6 Å². The van der Waals surface area contributed by atoms with Gasteiger partial charge in [0.15, 0.2) is 0 Å². The lowest BCUT2D eigenvalue weighted by molar-refractivity contribution is 0.160. The summed E-state index contributed by atoms with van der Waals surface area (Å²) in [5.41, 5.74) is 3.34. The van der Waals surface area contributed by atoms with Crippen LogP contribution < -0.4 is 5.32 Å². The van der Waals surface area contributed by atoms with Gasteiger partial charge in [0.2, 0.25) is 0 Å². The maximum absolute atomic E-state index is 9.09. The first-order valence-electron chi connectivity index (χ1n) is 8.34. The number of nitriles is 1. The summed E-state index contributed by atoms with van der Waals surface area (Å²) < 4.78 is 9.72. The number of H-pyrrole nitrogens is 1. The van der Waals surface area contributed by atoms with Crippen LogP contribution in [0.5, 0.6) is 0 Å². The number of aromatic amines is 1. The second-order valence-electron chi connectivity index (χ2n) is 6.12. The Balaban J connectivity index is 0.000000601. The standard InChI is InChI=1S/C15H15N7.C2H6OS.H2O.H2/c1-10-12(13-11-2-5-18-14(11)20-9-19-13)6-22(21-10)15(3-4-16)7-17-8-15;1-2-4-3;;/h2,5-6,9,17H,3,7-8H2,1H3,(H,18,19,20);3H,2H2,1H3;1H2;1H. The molecule has 0 amide bonds. The summed E-state index contributed by atoms with van der Waals surface area (Å²) in [5.74, 6) is 0.792. The minimum absolute atomic E-state index is 0. The summed E-state index contributed by atoms with van der Waals surface area (Å²) in [4.78, 5) is 11.8. The van der Waals surface area contributed by atoms with Crippen molar-refractivity contribution in [2.75, 3.05) is 18.8 Å². The van der Waals surface area contributed by atoms with Crippen molar-refractivity contribution in [2.45, 2.75) is 25.8 Å². The zero-order valence-corrected chi connectivity index (χ0v) is 16.0. The van der Waals surface area contributed by atoms with Gasteiger partial charge in [0, 0.05) is 43.6 Å². The zero-order chi connectivity index (χ0) is 18.6. The Morgan fingerprint density at radius 3 is 2.78 bits per heavy atom. The minimum atomic E-state index is -0.234. The maximum Gasteiger partial charge on any atom is 0.141 e. The molecule has 4 rings (SSSR count). The second-order valence-corrected chi connectivity index (χ2v) is 6.95. The van der Waals surface area contributed by atoms with Gasteiger partial charge in [-0.3, -0.25) is 4.68 Å². The van der Waals surface area contributed by atoms with Crippen molar-refractivity contribution in [2.24, 2.45) is 0 Å². The Hall–Kier alpha value is -2.45. The summed E-state index contributed by atoms with van der Waals surface area (Å²) in [5, 5.41) is 18.0. The molecule has 9 nitrogen and oxygen atoms in total. The molecule has 3 aromatic rings. The fraction of sp³-hybridized carbons (Fsp3) is 0.412. The molecule has 5 N–H and O–H groups in total. The van der Waals surface area contributed by atoms with E-state index in [4.69, 9.17) is 9.81 Å². The molecule has 0 atom stereocenters. The van der Waals surface area contributed by atoms with Crippen LogP contribution in [-0.2, 0) is 5.54 Å². The highest BCUT2D eigenvalue weighted by atomic mass is 32.2. The molecular formula is C17H25N7O2S. The van der Waals surface area contributed by atoms with Crippen molar-refractivity contribution in [3.05, 3.63) is 30.5 Å². The average molecular weight is 392 g/mol. The first kappa shape index (κ1) is 20.9. The van der Waals surface area contributed by atoms with E-state index in [0.717, 1.165) is 58.9 Å². The van der Waals surface area contributed by atoms with Crippen molar-refractivity contribution in [3.63, 3.8) is 0 Å². The summed E-state index contributed by atoms with van der Waals surface area (Å²) in [6, 6.07) is 4.24. The van der Waals surface area contributed by atoms with Gasteiger partial charge < -0.3 is 20.3 Å². The number of aryl methyl sites for hydroxylation is 1. The molecule has 1 aliphatic rings. The Bertz CT molecular complexity index is 931. The fourth-order valence-electron chi connectivity index (χ4n) is 2.95. The molecule has 1 saturated heterocycles. The Morgan fingerprint density at radius 2 is 2.19 bits per heavy atom. The molecular weight excluding hydrogens is 366 g/mol. The molecule has 0 saturated carbocycles. The number of nitrogens with zero attached hydrogens (tertiary/aromatic N) is 5. The van der Waals surface area contributed by atoms with E-state index in [1.54, 1.807) is 6.33 Å². The molecule has 146 valence electrons. The highest BCUT2D eigenvalue weighted by Crippen LogP contribution is 2.31. The van der Waals surface area contributed by atoms with E-state index in [-0.39, 0.29) is 12.4 Å². The van der Waals surface area contributed by atoms with Gasteiger partial charge in [-0.15, -0.1) is 0 Å². The van der Waals surface area contributed by atoms with Gasteiger partial charge in [-0.25, -0.2) is 9.97 Å². The molecule has 0 spiro atoms. The maximum atomic E-state index is 9.09. The molecule has 10 heteroatoms. The molecule has 0 radical (unpaired) electrons. The molecule has 1 fully saturated rings. The molecule has 0 unspecified atom stereocenters. The lowest BCUT2D eigenvalue weighted by atomic mass is 9.89. The van der Waals surface area contributed by atoms with E-state index >= 15 is 0 Å². The zero-order valence-electron chi connectivity index (χ0n) is 15.2. The highest BCUT2D eigenvalue weighted by molar-refractivity contribution is 7.93. The summed E-state index contributed by atoms with van der Waals surface area (Å²) >= 11 is 0.856. The van der Waals surface area contributed by atoms with Crippen LogP contribution in [0.2, 0.25) is 0 Å². The molecule has 0 aliphatic carbocycles. The van der Waals surface area contributed by atoms with E-state index in [2.05, 4.69) is 31.4 Å². The van der Waals surface area contributed by atoms with Crippen LogP contribution in [0.4, 0.5) is 0 Å². The monoisotopic (exact) mass is 391 g/mol. The molecule has 0 aromatic carbocycles. The van der Waals surface area contributed by atoms with Gasteiger partial charge in [-0.1, -0.05) is 6.92 Å². The molecule has 27 heavy (non-hydrogen) atoms. The van der Waals surface area contributed by atoms with Crippen molar-refractivity contribution in [1.82, 2.24) is 30.0 Å². The van der Waals surface area contributed by atoms with E-state index in [1.165, 1.54) is 0 Å². The van der Waals surface area contributed by atoms with E-state index in [9.17, 15) is 0 Å². The van der Waals surface area contributed by atoms with Gasteiger partial charge in [0.05, 0.1) is 23.9 Å². The normalized spacial score (nSPS) is 14.4. The lowest BCUT2D eigenvalue weighted by Crippen LogP contribution is -2.60. The smallest absolute Gasteiger partial charge is 0.141 e. The number of rotatable bonds is 4. The largest absolute Gasteiger partial charge is 0.412 e. The number of hydrogen-bond acceptors (Lipinski definition) is 7. The van der Waals surface area contributed by atoms with Gasteiger partial charge >= 0.3 is 0 Å². The third-order valence-corrected chi connectivity index (χ3v) is 4.70. The van der Waals surface area contributed by atoms with Crippen LogP contribution >= 0.6 is 12.0 Å². The molecule has 4 heterocycles. The van der Waals surface area contributed by atoms with Gasteiger partial charge in [-0.2, -0.15) is 10.4 Å². The molecule has 3 aromatic heterocycles. The topological polar surface area (TPSA) is 147 Å². The Kier molecular flexibility index (Phi) is 6.92. The van der Waals surface area contributed by atoms with E-state index in [1.807, 2.05) is 37.0 Å². The highest BCUT2D eigenvalue weighted by Gasteiger charge is 2.40. The van der Waals surface area contributed by atoms with Gasteiger partial charge in [-0.05, 0) is 25.0 Å². The first-order valence-corrected chi connectivity index (χ1v) is 9.28. The second kappa shape index (κ2) is 8.96. The number of fused-ring (bicyclic) bond motifs is 1. The number of aromatic nitrogens is 5. The first-order chi connectivity index (χ1) is 12.6. The fourth-order valence-corrected chi connectivity index (χ4v) is 2.95. The lowest BCUT2D eigenvalue weighted by Gasteiger charge is -2.41. The summed E-state index contributed by atoms with van der Waals surface area (Å²) in [7, 11) is 0. The average Bonchev–Trinajstić information content (AvgIpc) is 3.24. The number of hydrogen-bond donors (Lipinski definition) is 3. The third kappa shape index (κ3) is 3.96. The van der Waals surface area contributed by atoms with Crippen LogP contribution in [0.25, 0.3) is 22.3 Å². The van der Waals surface area contributed by atoms with E-state index < -0.39 is 0 Å². The van der Waals surface area contributed by atoms with Gasteiger partial charge in [0.1, 0.15) is 17.5 Å². The SMILES string of the molecule is CCSO.Cc1nn(C2(CC#N)CNC2)cc1-c1ncnc2[nH]ccc12.O.[HH]. The van der Waals surface area contributed by atoms with Crippen LogP contribution in [0, 0.1) is 18.3 Å². The summed E-state index contributed by atoms with van der Waals surface area (Å²) in [6.07, 6.45) is 5.86. The predicted molar refractivity (Wildman–Crippen MR) is 107 cm³/mol. The minimum Gasteiger partial charge on any atom is -0.412 e. The molecule has 1 aliphatic heterocycles. The van der Waals surface area contributed by atoms with Crippen LogP contribution in [0.15, 0.2) is 24.8 Å². The Morgan fingerprint density at radius 1 is 1.44 bits per heavy atom. The van der Waals surface area contributed by atoms with Crippen molar-refractivity contribution >= 4 is 23.1 Å². The summed E-state index contributed by atoms with van der Waals surface area (Å²) in [6.45, 7) is 5.40. The van der Waals surface area contributed by atoms with E-state index in [0.29, 0.717) is 6.42 Å². The van der Waals surface area contributed by atoms with Crippen LogP contribution in [0.1, 0.15) is 20.5 Å². The molecule has 0 bridgehead atoms. The Labute approximate surface area is 162 Å². The third-order valence-electron chi connectivity index (χ3n) is 4.44. The van der Waals surface area contributed by atoms with Crippen LogP contribution in [0.3, 0.4) is 0 Å². The van der Waals surface area contributed by atoms with Crippen molar-refractivity contribution in [3.8, 4) is 17.3 Å². The van der Waals surface area contributed by atoms with Crippen molar-refractivity contribution < 1.29 is 11.5 Å². The number of nitrogens with one attached hydrogen (secondary N) is 2. The van der Waals surface area contributed by atoms with Crippen molar-refractivity contribution in [1.29, 1.82) is 5.26 Å². The quantitative estimate of drug-likeness (QED) is 0.576. The van der Waals surface area contributed by atoms with Gasteiger partial charge in [0.25, 0.3) is 0 Å². The predicted octanol–water partition coefficient (Wildman–Crippen LogP) is 1.98.